The van der Waals surface area contributed by atoms with Gasteiger partial charge in [-0.2, -0.15) is 0 Å². The molecule has 0 unspecified atom stereocenters. The average Bonchev–Trinajstić information content (AvgIpc) is 2.61. The Morgan fingerprint density at radius 1 is 1.36 bits per heavy atom. The fourth-order valence-electron chi connectivity index (χ4n) is 1.59. The normalized spacial score (nSPS) is 14.6. The molecule has 14 heavy (non-hydrogen) atoms. The molecule has 0 saturated carbocycles. The lowest BCUT2D eigenvalue weighted by molar-refractivity contribution is -0.131. The van der Waals surface area contributed by atoms with Crippen molar-refractivity contribution in [3.8, 4) is 0 Å². The number of benzene rings is 1. The summed E-state index contributed by atoms with van der Waals surface area (Å²) in [6, 6.07) is 6.00. The minimum atomic E-state index is -0.913. The number of carboxylic acids is 1. The molecule has 0 radical (unpaired) electrons. The third-order valence-electron chi connectivity index (χ3n) is 2.28. The van der Waals surface area contributed by atoms with E-state index in [1.807, 2.05) is 18.2 Å². The lowest BCUT2D eigenvalue weighted by atomic mass is 10.1. The van der Waals surface area contributed by atoms with Crippen molar-refractivity contribution in [3.05, 3.63) is 41.0 Å². The Kier molecular flexibility index (Phi) is 2.33. The van der Waals surface area contributed by atoms with Gasteiger partial charge in [-0.1, -0.05) is 18.2 Å². The van der Waals surface area contributed by atoms with Crippen molar-refractivity contribution in [1.82, 2.24) is 5.32 Å². The summed E-state index contributed by atoms with van der Waals surface area (Å²) in [5.74, 6) is -0.913. The standard InChI is InChI=1S/C11H11NO2/c13-11(14)4-2-8-1-3-9-6-12-7-10(9)5-8/h1-5,12H,6-7H2,(H,13,14)/b4-2+. The summed E-state index contributed by atoms with van der Waals surface area (Å²) in [5, 5.41) is 11.7. The second-order valence-electron chi connectivity index (χ2n) is 3.30. The number of carboxylic acid groups (broad SMARTS) is 1. The number of aliphatic carboxylic acids is 1. The van der Waals surface area contributed by atoms with Crippen molar-refractivity contribution < 1.29 is 9.90 Å². The Labute approximate surface area is 82.1 Å². The van der Waals surface area contributed by atoms with Crippen molar-refractivity contribution in [2.75, 3.05) is 0 Å². The smallest absolute Gasteiger partial charge is 0.328 e. The van der Waals surface area contributed by atoms with E-state index >= 15 is 0 Å². The summed E-state index contributed by atoms with van der Waals surface area (Å²) in [4.78, 5) is 10.3. The second kappa shape index (κ2) is 3.64. The molecule has 1 heterocycles. The molecule has 0 aromatic heterocycles. The van der Waals surface area contributed by atoms with Crippen molar-refractivity contribution in [2.45, 2.75) is 13.1 Å². The summed E-state index contributed by atoms with van der Waals surface area (Å²) in [5.41, 5.74) is 3.50. The van der Waals surface area contributed by atoms with E-state index in [0.717, 1.165) is 24.7 Å². The zero-order valence-electron chi connectivity index (χ0n) is 7.66. The summed E-state index contributed by atoms with van der Waals surface area (Å²) in [6.45, 7) is 1.79. The molecule has 2 rings (SSSR count). The molecular formula is C11H11NO2. The van der Waals surface area contributed by atoms with Crippen molar-refractivity contribution >= 4 is 12.0 Å². The Balaban J connectivity index is 2.25. The van der Waals surface area contributed by atoms with Crippen LogP contribution in [0.4, 0.5) is 0 Å². The molecule has 0 fully saturated rings. The van der Waals surface area contributed by atoms with Gasteiger partial charge in [-0.15, -0.1) is 0 Å². The van der Waals surface area contributed by atoms with Gasteiger partial charge in [-0.25, -0.2) is 4.79 Å². The first kappa shape index (κ1) is 8.97. The van der Waals surface area contributed by atoms with Crippen LogP contribution in [0.1, 0.15) is 16.7 Å². The third kappa shape index (κ3) is 1.83. The van der Waals surface area contributed by atoms with Crippen LogP contribution in [0.5, 0.6) is 0 Å². The van der Waals surface area contributed by atoms with Gasteiger partial charge in [0.25, 0.3) is 0 Å². The van der Waals surface area contributed by atoms with Gasteiger partial charge in [0, 0.05) is 19.2 Å². The zero-order chi connectivity index (χ0) is 9.97. The highest BCUT2D eigenvalue weighted by Crippen LogP contribution is 2.17. The molecule has 0 spiro atoms. The van der Waals surface area contributed by atoms with Crippen LogP contribution >= 0.6 is 0 Å². The number of hydrogen-bond donors (Lipinski definition) is 2. The molecule has 1 aliphatic heterocycles. The van der Waals surface area contributed by atoms with Crippen LogP contribution < -0.4 is 5.32 Å². The number of rotatable bonds is 2. The topological polar surface area (TPSA) is 49.3 Å². The van der Waals surface area contributed by atoms with Gasteiger partial charge in [-0.05, 0) is 22.8 Å². The number of hydrogen-bond acceptors (Lipinski definition) is 2. The molecule has 2 N–H and O–H groups in total. The molecular weight excluding hydrogens is 178 g/mol. The van der Waals surface area contributed by atoms with Gasteiger partial charge >= 0.3 is 5.97 Å². The van der Waals surface area contributed by atoms with Crippen LogP contribution in [0, 0.1) is 0 Å². The summed E-state index contributed by atoms with van der Waals surface area (Å²) in [6.07, 6.45) is 2.77. The fraction of sp³-hybridized carbons (Fsp3) is 0.182. The lowest BCUT2D eigenvalue weighted by Gasteiger charge is -1.98. The quantitative estimate of drug-likeness (QED) is 0.691. The summed E-state index contributed by atoms with van der Waals surface area (Å²) < 4.78 is 0. The first-order valence-electron chi connectivity index (χ1n) is 4.49. The molecule has 3 nitrogen and oxygen atoms in total. The predicted molar refractivity (Wildman–Crippen MR) is 53.7 cm³/mol. The van der Waals surface area contributed by atoms with Gasteiger partial charge < -0.3 is 10.4 Å². The minimum Gasteiger partial charge on any atom is -0.478 e. The van der Waals surface area contributed by atoms with Crippen LogP contribution in [0.3, 0.4) is 0 Å². The molecule has 72 valence electrons. The van der Waals surface area contributed by atoms with Crippen LogP contribution in [0.15, 0.2) is 24.3 Å². The average molecular weight is 189 g/mol. The van der Waals surface area contributed by atoms with E-state index < -0.39 is 5.97 Å². The Morgan fingerprint density at radius 2 is 2.14 bits per heavy atom. The van der Waals surface area contributed by atoms with Gasteiger partial charge in [0.05, 0.1) is 0 Å². The van der Waals surface area contributed by atoms with Gasteiger partial charge in [0.2, 0.25) is 0 Å². The highest BCUT2D eigenvalue weighted by Gasteiger charge is 2.08. The summed E-state index contributed by atoms with van der Waals surface area (Å²) >= 11 is 0. The van der Waals surface area contributed by atoms with Crippen LogP contribution in [-0.4, -0.2) is 11.1 Å². The summed E-state index contributed by atoms with van der Waals surface area (Å²) in [7, 11) is 0. The molecule has 0 bridgehead atoms. The number of fused-ring (bicyclic) bond motifs is 1. The second-order valence-corrected chi connectivity index (χ2v) is 3.30. The van der Waals surface area contributed by atoms with E-state index in [9.17, 15) is 4.79 Å². The molecule has 1 aliphatic rings. The van der Waals surface area contributed by atoms with Crippen molar-refractivity contribution in [3.63, 3.8) is 0 Å². The molecule has 0 aliphatic carbocycles. The monoisotopic (exact) mass is 189 g/mol. The number of carbonyl (C=O) groups is 1. The Bertz CT molecular complexity index is 396. The molecule has 1 aromatic rings. The van der Waals surface area contributed by atoms with E-state index in [1.54, 1.807) is 6.08 Å². The highest BCUT2D eigenvalue weighted by molar-refractivity contribution is 5.85. The molecule has 0 atom stereocenters. The maximum atomic E-state index is 10.3. The Morgan fingerprint density at radius 3 is 2.93 bits per heavy atom. The van der Waals surface area contributed by atoms with Crippen molar-refractivity contribution in [2.24, 2.45) is 0 Å². The van der Waals surface area contributed by atoms with Gasteiger partial charge in [0.1, 0.15) is 0 Å². The molecule has 3 heteroatoms. The molecule has 1 aromatic carbocycles. The van der Waals surface area contributed by atoms with E-state index in [4.69, 9.17) is 5.11 Å². The SMILES string of the molecule is O=C(O)/C=C/c1ccc2c(c1)CNC2. The highest BCUT2D eigenvalue weighted by atomic mass is 16.4. The predicted octanol–water partition coefficient (Wildman–Crippen LogP) is 1.39. The zero-order valence-corrected chi connectivity index (χ0v) is 7.66. The first-order valence-corrected chi connectivity index (χ1v) is 4.49. The van der Waals surface area contributed by atoms with Crippen LogP contribution in [0.25, 0.3) is 6.08 Å². The number of nitrogens with one attached hydrogen (secondary N) is 1. The van der Waals surface area contributed by atoms with Crippen LogP contribution in [0.2, 0.25) is 0 Å². The fourth-order valence-corrected chi connectivity index (χ4v) is 1.59. The largest absolute Gasteiger partial charge is 0.478 e. The van der Waals surface area contributed by atoms with E-state index in [0.29, 0.717) is 0 Å². The first-order chi connectivity index (χ1) is 6.75. The maximum absolute atomic E-state index is 10.3. The van der Waals surface area contributed by atoms with Gasteiger partial charge in [0.15, 0.2) is 0 Å². The Hall–Kier alpha value is -1.61. The van der Waals surface area contributed by atoms with Crippen molar-refractivity contribution in [1.29, 1.82) is 0 Å². The van der Waals surface area contributed by atoms with E-state index in [-0.39, 0.29) is 0 Å². The minimum absolute atomic E-state index is 0.879. The van der Waals surface area contributed by atoms with E-state index in [2.05, 4.69) is 5.32 Å². The lowest BCUT2D eigenvalue weighted by Crippen LogP contribution is -1.99. The molecule has 0 saturated heterocycles. The maximum Gasteiger partial charge on any atom is 0.328 e. The van der Waals surface area contributed by atoms with Crippen LogP contribution in [-0.2, 0) is 17.9 Å². The third-order valence-corrected chi connectivity index (χ3v) is 2.28. The molecule has 0 amide bonds. The van der Waals surface area contributed by atoms with Gasteiger partial charge in [-0.3, -0.25) is 0 Å². The van der Waals surface area contributed by atoms with E-state index in [1.165, 1.54) is 11.1 Å².